The van der Waals surface area contributed by atoms with E-state index in [1.165, 1.54) is 28.9 Å². The molecule has 37 heavy (non-hydrogen) atoms. The van der Waals surface area contributed by atoms with Gasteiger partial charge in [-0.2, -0.15) is 0 Å². The first-order valence-electron chi connectivity index (χ1n) is 13.3. The fourth-order valence-electron chi connectivity index (χ4n) is 5.80. The standard InChI is InChI=1S/C30H33FN6/c1-4-14-32-30-33-15-13-25(34-30)29-28(21-7-9-23(31)10-8-21)35-27-12-11-24(37(27)29)18-36-20(3)17-22-6-5-19(2)16-26(22)36/h5-10,13,15-16,20,24H,4,11-12,14,17-18H2,1-3H3,(H,32,33,34). The summed E-state index contributed by atoms with van der Waals surface area (Å²) in [4.78, 5) is 17.0. The van der Waals surface area contributed by atoms with Gasteiger partial charge in [-0.15, -0.1) is 0 Å². The molecule has 190 valence electrons. The average Bonchev–Trinajstić information content (AvgIpc) is 3.56. The summed E-state index contributed by atoms with van der Waals surface area (Å²) in [7, 11) is 0. The van der Waals surface area contributed by atoms with Crippen molar-refractivity contribution in [2.75, 3.05) is 23.3 Å². The molecule has 4 aromatic rings. The SMILES string of the molecule is CCCNc1nccc(-c2c(-c3ccc(F)cc3)nc3n2C(CN2c4cc(C)ccc4CC2C)CC3)n1. The van der Waals surface area contributed by atoms with E-state index in [0.29, 0.717) is 12.0 Å². The van der Waals surface area contributed by atoms with Gasteiger partial charge in [0.05, 0.1) is 23.1 Å². The van der Waals surface area contributed by atoms with Crippen molar-refractivity contribution in [1.29, 1.82) is 0 Å². The van der Waals surface area contributed by atoms with E-state index >= 15 is 0 Å². The summed E-state index contributed by atoms with van der Waals surface area (Å²) in [6.07, 6.45) is 5.82. The van der Waals surface area contributed by atoms with Crippen LogP contribution in [-0.2, 0) is 12.8 Å². The second-order valence-electron chi connectivity index (χ2n) is 10.3. The molecule has 2 aliphatic rings. The lowest BCUT2D eigenvalue weighted by molar-refractivity contribution is 0.500. The highest BCUT2D eigenvalue weighted by Crippen LogP contribution is 2.41. The number of hydrogen-bond acceptors (Lipinski definition) is 5. The molecule has 7 heteroatoms. The molecule has 0 amide bonds. The molecular formula is C30H33FN6. The zero-order valence-corrected chi connectivity index (χ0v) is 21.7. The van der Waals surface area contributed by atoms with Gasteiger partial charge in [-0.05, 0) is 80.6 Å². The maximum absolute atomic E-state index is 13.8. The summed E-state index contributed by atoms with van der Waals surface area (Å²) in [5.41, 5.74) is 7.65. The van der Waals surface area contributed by atoms with Crippen molar-refractivity contribution in [3.8, 4) is 22.6 Å². The average molecular weight is 497 g/mol. The van der Waals surface area contributed by atoms with Gasteiger partial charge in [0.1, 0.15) is 11.6 Å². The Labute approximate surface area is 217 Å². The second-order valence-corrected chi connectivity index (χ2v) is 10.3. The summed E-state index contributed by atoms with van der Waals surface area (Å²) < 4.78 is 16.2. The number of halogens is 1. The van der Waals surface area contributed by atoms with Crippen molar-refractivity contribution in [2.45, 2.75) is 58.5 Å². The van der Waals surface area contributed by atoms with Crippen LogP contribution in [0.1, 0.15) is 49.7 Å². The molecule has 0 radical (unpaired) electrons. The van der Waals surface area contributed by atoms with Gasteiger partial charge in [0, 0.05) is 43.0 Å². The zero-order valence-electron chi connectivity index (χ0n) is 21.7. The molecule has 2 aliphatic heterocycles. The molecule has 2 unspecified atom stereocenters. The van der Waals surface area contributed by atoms with Gasteiger partial charge >= 0.3 is 0 Å². The highest BCUT2D eigenvalue weighted by atomic mass is 19.1. The number of aromatic nitrogens is 4. The Hall–Kier alpha value is -3.74. The van der Waals surface area contributed by atoms with Crippen molar-refractivity contribution >= 4 is 11.6 Å². The predicted octanol–water partition coefficient (Wildman–Crippen LogP) is 6.22. The van der Waals surface area contributed by atoms with Crippen LogP contribution >= 0.6 is 0 Å². The third kappa shape index (κ3) is 4.37. The van der Waals surface area contributed by atoms with Crippen LogP contribution < -0.4 is 10.2 Å². The highest BCUT2D eigenvalue weighted by molar-refractivity contribution is 5.78. The lowest BCUT2D eigenvalue weighted by Gasteiger charge is -2.30. The maximum Gasteiger partial charge on any atom is 0.223 e. The quantitative estimate of drug-likeness (QED) is 0.329. The van der Waals surface area contributed by atoms with Crippen LogP contribution in [0.4, 0.5) is 16.0 Å². The smallest absolute Gasteiger partial charge is 0.223 e. The molecule has 0 saturated heterocycles. The second kappa shape index (κ2) is 9.61. The largest absolute Gasteiger partial charge is 0.366 e. The van der Waals surface area contributed by atoms with E-state index in [4.69, 9.17) is 9.97 Å². The third-order valence-electron chi connectivity index (χ3n) is 7.60. The molecule has 0 fully saturated rings. The third-order valence-corrected chi connectivity index (χ3v) is 7.60. The number of nitrogens with zero attached hydrogens (tertiary/aromatic N) is 5. The minimum atomic E-state index is -0.250. The van der Waals surface area contributed by atoms with Gasteiger partial charge in [-0.1, -0.05) is 19.1 Å². The van der Waals surface area contributed by atoms with Gasteiger partial charge in [-0.25, -0.2) is 19.3 Å². The Morgan fingerprint density at radius 2 is 1.92 bits per heavy atom. The fourth-order valence-corrected chi connectivity index (χ4v) is 5.80. The molecule has 0 bridgehead atoms. The van der Waals surface area contributed by atoms with Crippen molar-refractivity contribution in [1.82, 2.24) is 19.5 Å². The lowest BCUT2D eigenvalue weighted by atomic mass is 10.1. The molecule has 6 rings (SSSR count). The Morgan fingerprint density at radius 1 is 1.08 bits per heavy atom. The summed E-state index contributed by atoms with van der Waals surface area (Å²) >= 11 is 0. The fraction of sp³-hybridized carbons (Fsp3) is 0.367. The van der Waals surface area contributed by atoms with E-state index in [9.17, 15) is 4.39 Å². The molecule has 0 aliphatic carbocycles. The van der Waals surface area contributed by atoms with Gasteiger partial charge in [-0.3, -0.25) is 0 Å². The minimum Gasteiger partial charge on any atom is -0.366 e. The van der Waals surface area contributed by atoms with E-state index in [1.807, 2.05) is 18.2 Å². The Morgan fingerprint density at radius 3 is 2.73 bits per heavy atom. The molecular weight excluding hydrogens is 463 g/mol. The number of aryl methyl sites for hydroxylation is 2. The monoisotopic (exact) mass is 496 g/mol. The van der Waals surface area contributed by atoms with Crippen molar-refractivity contribution in [3.63, 3.8) is 0 Å². The Bertz CT molecular complexity index is 1430. The molecule has 2 aromatic carbocycles. The summed E-state index contributed by atoms with van der Waals surface area (Å²) in [5, 5.41) is 3.31. The summed E-state index contributed by atoms with van der Waals surface area (Å²) in [6, 6.07) is 16.1. The van der Waals surface area contributed by atoms with E-state index < -0.39 is 0 Å². The number of imidazole rings is 1. The van der Waals surface area contributed by atoms with Crippen LogP contribution in [0.3, 0.4) is 0 Å². The number of hydrogen-bond donors (Lipinski definition) is 1. The van der Waals surface area contributed by atoms with Crippen molar-refractivity contribution in [2.24, 2.45) is 0 Å². The summed E-state index contributed by atoms with van der Waals surface area (Å²) in [5.74, 6) is 1.43. The highest BCUT2D eigenvalue weighted by Gasteiger charge is 2.35. The Balaban J connectivity index is 1.43. The molecule has 4 heterocycles. The maximum atomic E-state index is 13.8. The number of rotatable bonds is 7. The molecule has 1 N–H and O–H groups in total. The first-order chi connectivity index (χ1) is 18.0. The normalized spacial score (nSPS) is 18.2. The van der Waals surface area contributed by atoms with Crippen LogP contribution in [-0.4, -0.2) is 38.7 Å². The molecule has 2 atom stereocenters. The molecule has 2 aromatic heterocycles. The summed E-state index contributed by atoms with van der Waals surface area (Å²) in [6.45, 7) is 8.34. The first-order valence-corrected chi connectivity index (χ1v) is 13.3. The van der Waals surface area contributed by atoms with E-state index in [-0.39, 0.29) is 11.9 Å². The Kier molecular flexibility index (Phi) is 6.14. The van der Waals surface area contributed by atoms with Crippen LogP contribution in [0.2, 0.25) is 0 Å². The van der Waals surface area contributed by atoms with E-state index in [2.05, 4.69) is 58.7 Å². The lowest BCUT2D eigenvalue weighted by Crippen LogP contribution is -2.34. The van der Waals surface area contributed by atoms with Crippen molar-refractivity contribution in [3.05, 3.63) is 77.5 Å². The first kappa shape index (κ1) is 23.6. The van der Waals surface area contributed by atoms with Gasteiger partial charge in [0.2, 0.25) is 5.95 Å². The number of nitrogens with one attached hydrogen (secondary N) is 1. The van der Waals surface area contributed by atoms with E-state index in [0.717, 1.165) is 67.2 Å². The molecule has 0 spiro atoms. The topological polar surface area (TPSA) is 58.9 Å². The van der Waals surface area contributed by atoms with Gasteiger partial charge < -0.3 is 14.8 Å². The molecule has 6 nitrogen and oxygen atoms in total. The van der Waals surface area contributed by atoms with E-state index in [1.54, 1.807) is 6.20 Å². The van der Waals surface area contributed by atoms with Gasteiger partial charge in [0.15, 0.2) is 0 Å². The zero-order chi connectivity index (χ0) is 25.5. The van der Waals surface area contributed by atoms with Crippen molar-refractivity contribution < 1.29 is 4.39 Å². The number of fused-ring (bicyclic) bond motifs is 2. The van der Waals surface area contributed by atoms with Gasteiger partial charge in [0.25, 0.3) is 0 Å². The van der Waals surface area contributed by atoms with Crippen LogP contribution in [0.15, 0.2) is 54.7 Å². The van der Waals surface area contributed by atoms with Crippen LogP contribution in [0, 0.1) is 12.7 Å². The van der Waals surface area contributed by atoms with Crippen LogP contribution in [0.25, 0.3) is 22.6 Å². The number of benzene rings is 2. The van der Waals surface area contributed by atoms with Crippen LogP contribution in [0.5, 0.6) is 0 Å². The predicted molar refractivity (Wildman–Crippen MR) is 146 cm³/mol. The molecule has 0 saturated carbocycles. The number of anilines is 2. The minimum absolute atomic E-state index is 0.250.